The van der Waals surface area contributed by atoms with E-state index in [4.69, 9.17) is 23.2 Å². The molecule has 1 N–H and O–H groups in total. The summed E-state index contributed by atoms with van der Waals surface area (Å²) in [4.78, 5) is 0. The molecule has 0 aliphatic carbocycles. The fourth-order valence-corrected chi connectivity index (χ4v) is 2.44. The molecular formula is C15H23Cl2N. The first-order valence-electron chi connectivity index (χ1n) is 6.87. The Labute approximate surface area is 121 Å². The summed E-state index contributed by atoms with van der Waals surface area (Å²) in [7, 11) is 0. The zero-order valence-electron chi connectivity index (χ0n) is 11.3. The maximum atomic E-state index is 6.08. The van der Waals surface area contributed by atoms with Crippen LogP contribution in [0.2, 0.25) is 10.0 Å². The third-order valence-corrected chi connectivity index (χ3v) is 3.88. The second kappa shape index (κ2) is 8.79. The average Bonchev–Trinajstić information content (AvgIpc) is 2.37. The topological polar surface area (TPSA) is 12.0 Å². The van der Waals surface area contributed by atoms with Crippen molar-refractivity contribution in [3.05, 3.63) is 33.8 Å². The number of unbranched alkanes of at least 4 members (excludes halogenated alkanes) is 3. The van der Waals surface area contributed by atoms with E-state index in [9.17, 15) is 0 Å². The van der Waals surface area contributed by atoms with Gasteiger partial charge in [0.2, 0.25) is 0 Å². The molecule has 0 saturated carbocycles. The molecule has 0 aliphatic heterocycles. The van der Waals surface area contributed by atoms with Gasteiger partial charge >= 0.3 is 0 Å². The Balaban J connectivity index is 2.61. The largest absolute Gasteiger partial charge is 0.310 e. The predicted octanol–water partition coefficient (Wildman–Crippen LogP) is 5.61. The van der Waals surface area contributed by atoms with Crippen molar-refractivity contribution in [3.8, 4) is 0 Å². The summed E-state index contributed by atoms with van der Waals surface area (Å²) in [6.45, 7) is 5.34. The molecule has 0 radical (unpaired) electrons. The van der Waals surface area contributed by atoms with Crippen molar-refractivity contribution in [2.45, 2.75) is 52.0 Å². The van der Waals surface area contributed by atoms with Crippen LogP contribution >= 0.6 is 23.2 Å². The monoisotopic (exact) mass is 287 g/mol. The molecule has 0 spiro atoms. The van der Waals surface area contributed by atoms with Gasteiger partial charge in [-0.25, -0.2) is 0 Å². The second-order valence-electron chi connectivity index (χ2n) is 4.63. The first-order valence-corrected chi connectivity index (χ1v) is 7.63. The summed E-state index contributed by atoms with van der Waals surface area (Å²) in [5.41, 5.74) is 1.24. The molecule has 1 nitrogen and oxygen atoms in total. The van der Waals surface area contributed by atoms with Crippen molar-refractivity contribution in [3.63, 3.8) is 0 Å². The van der Waals surface area contributed by atoms with Crippen LogP contribution in [0.25, 0.3) is 0 Å². The minimum atomic E-state index is 0.390. The fraction of sp³-hybridized carbons (Fsp3) is 0.600. The number of nitrogens with one attached hydrogen (secondary N) is 1. The quantitative estimate of drug-likeness (QED) is 0.613. The second-order valence-corrected chi connectivity index (χ2v) is 5.45. The zero-order valence-corrected chi connectivity index (χ0v) is 12.8. The lowest BCUT2D eigenvalue weighted by atomic mass is 10.00. The fourth-order valence-electron chi connectivity index (χ4n) is 2.14. The van der Waals surface area contributed by atoms with E-state index in [1.807, 2.05) is 12.1 Å². The molecule has 1 aromatic carbocycles. The van der Waals surface area contributed by atoms with Crippen LogP contribution < -0.4 is 5.32 Å². The van der Waals surface area contributed by atoms with E-state index in [1.54, 1.807) is 0 Å². The molecule has 1 rings (SSSR count). The highest BCUT2D eigenvalue weighted by Crippen LogP contribution is 2.27. The van der Waals surface area contributed by atoms with E-state index >= 15 is 0 Å². The molecule has 1 atom stereocenters. The number of rotatable bonds is 8. The molecule has 3 heteroatoms. The Morgan fingerprint density at radius 2 is 1.83 bits per heavy atom. The Bertz CT molecular complexity index is 352. The predicted molar refractivity (Wildman–Crippen MR) is 81.6 cm³/mol. The van der Waals surface area contributed by atoms with Crippen molar-refractivity contribution < 1.29 is 0 Å². The molecule has 0 amide bonds. The van der Waals surface area contributed by atoms with Crippen molar-refractivity contribution in [2.24, 2.45) is 0 Å². The third kappa shape index (κ3) is 5.17. The molecule has 0 aliphatic rings. The SMILES string of the molecule is CCCCCCC(NCC)c1ccc(Cl)c(Cl)c1. The summed E-state index contributed by atoms with van der Waals surface area (Å²) in [6, 6.07) is 6.33. The maximum Gasteiger partial charge on any atom is 0.0595 e. The molecule has 102 valence electrons. The van der Waals surface area contributed by atoms with Crippen LogP contribution in [0.15, 0.2) is 18.2 Å². The van der Waals surface area contributed by atoms with Crippen LogP contribution in [0, 0.1) is 0 Å². The van der Waals surface area contributed by atoms with E-state index in [-0.39, 0.29) is 0 Å². The number of hydrogen-bond donors (Lipinski definition) is 1. The van der Waals surface area contributed by atoms with Crippen LogP contribution in [0.4, 0.5) is 0 Å². The van der Waals surface area contributed by atoms with E-state index < -0.39 is 0 Å². The van der Waals surface area contributed by atoms with Crippen molar-refractivity contribution in [1.82, 2.24) is 5.32 Å². The number of benzene rings is 1. The third-order valence-electron chi connectivity index (χ3n) is 3.14. The van der Waals surface area contributed by atoms with E-state index in [0.717, 1.165) is 13.0 Å². The van der Waals surface area contributed by atoms with E-state index in [0.29, 0.717) is 16.1 Å². The van der Waals surface area contributed by atoms with Crippen LogP contribution in [-0.2, 0) is 0 Å². The lowest BCUT2D eigenvalue weighted by Crippen LogP contribution is -2.20. The smallest absolute Gasteiger partial charge is 0.0595 e. The highest BCUT2D eigenvalue weighted by atomic mass is 35.5. The van der Waals surface area contributed by atoms with Gasteiger partial charge in [0.05, 0.1) is 10.0 Å². The van der Waals surface area contributed by atoms with Gasteiger partial charge in [-0.2, -0.15) is 0 Å². The highest BCUT2D eigenvalue weighted by Gasteiger charge is 2.11. The standard InChI is InChI=1S/C15H23Cl2N/c1-3-5-6-7-8-15(18-4-2)12-9-10-13(16)14(17)11-12/h9-11,15,18H,3-8H2,1-2H3. The van der Waals surface area contributed by atoms with Gasteiger partial charge in [0.15, 0.2) is 0 Å². The summed E-state index contributed by atoms with van der Waals surface area (Å²) < 4.78 is 0. The van der Waals surface area contributed by atoms with Gasteiger partial charge in [-0.1, -0.05) is 68.8 Å². The van der Waals surface area contributed by atoms with Gasteiger partial charge < -0.3 is 5.32 Å². The van der Waals surface area contributed by atoms with Crippen LogP contribution in [0.5, 0.6) is 0 Å². The molecule has 1 aromatic rings. The lowest BCUT2D eigenvalue weighted by Gasteiger charge is -2.19. The number of hydrogen-bond acceptors (Lipinski definition) is 1. The van der Waals surface area contributed by atoms with E-state index in [2.05, 4.69) is 25.2 Å². The van der Waals surface area contributed by atoms with Gasteiger partial charge in [0, 0.05) is 6.04 Å². The van der Waals surface area contributed by atoms with E-state index in [1.165, 1.54) is 31.2 Å². The van der Waals surface area contributed by atoms with Crippen molar-refractivity contribution >= 4 is 23.2 Å². The van der Waals surface area contributed by atoms with Crippen molar-refractivity contribution in [1.29, 1.82) is 0 Å². The van der Waals surface area contributed by atoms with Gasteiger partial charge in [-0.15, -0.1) is 0 Å². The Morgan fingerprint density at radius 3 is 2.44 bits per heavy atom. The summed E-state index contributed by atoms with van der Waals surface area (Å²) in [5, 5.41) is 4.79. The summed E-state index contributed by atoms with van der Waals surface area (Å²) >= 11 is 12.0. The lowest BCUT2D eigenvalue weighted by molar-refractivity contribution is 0.482. The minimum absolute atomic E-state index is 0.390. The highest BCUT2D eigenvalue weighted by molar-refractivity contribution is 6.42. The molecular weight excluding hydrogens is 265 g/mol. The zero-order chi connectivity index (χ0) is 13.4. The van der Waals surface area contributed by atoms with Gasteiger partial charge in [0.1, 0.15) is 0 Å². The minimum Gasteiger partial charge on any atom is -0.310 e. The van der Waals surface area contributed by atoms with Crippen LogP contribution in [0.1, 0.15) is 57.6 Å². The molecule has 18 heavy (non-hydrogen) atoms. The maximum absolute atomic E-state index is 6.08. The molecule has 1 unspecified atom stereocenters. The summed E-state index contributed by atoms with van der Waals surface area (Å²) in [6.07, 6.45) is 6.32. The Morgan fingerprint density at radius 1 is 1.06 bits per heavy atom. The molecule has 0 bridgehead atoms. The Hall–Kier alpha value is -0.240. The first-order chi connectivity index (χ1) is 8.69. The van der Waals surface area contributed by atoms with Crippen molar-refractivity contribution in [2.75, 3.05) is 6.54 Å². The molecule has 0 saturated heterocycles. The molecule has 0 aromatic heterocycles. The van der Waals surface area contributed by atoms with Gasteiger partial charge in [0.25, 0.3) is 0 Å². The average molecular weight is 288 g/mol. The summed E-state index contributed by atoms with van der Waals surface area (Å²) in [5.74, 6) is 0. The first kappa shape index (κ1) is 15.8. The normalized spacial score (nSPS) is 12.7. The van der Waals surface area contributed by atoms with Crippen LogP contribution in [0.3, 0.4) is 0 Å². The Kier molecular flexibility index (Phi) is 7.73. The van der Waals surface area contributed by atoms with Gasteiger partial charge in [-0.05, 0) is 30.7 Å². The molecule has 0 heterocycles. The van der Waals surface area contributed by atoms with Gasteiger partial charge in [-0.3, -0.25) is 0 Å². The number of halogens is 2. The van der Waals surface area contributed by atoms with Crippen LogP contribution in [-0.4, -0.2) is 6.54 Å². The molecule has 0 fully saturated rings.